The van der Waals surface area contributed by atoms with Gasteiger partial charge in [-0.05, 0) is 48.1 Å². The second-order valence-electron chi connectivity index (χ2n) is 7.33. The monoisotopic (exact) mass is 287 g/mol. The molecule has 3 atom stereocenters. The van der Waals surface area contributed by atoms with Crippen molar-refractivity contribution in [1.29, 1.82) is 0 Å². The molecule has 1 amide bonds. The summed E-state index contributed by atoms with van der Waals surface area (Å²) in [4.78, 5) is 12.2. The zero-order valence-corrected chi connectivity index (χ0v) is 13.2. The molecule has 2 saturated carbocycles. The zero-order chi connectivity index (χ0) is 15.1. The first kappa shape index (κ1) is 14.4. The molecule has 2 bridgehead atoms. The Morgan fingerprint density at radius 2 is 2.00 bits per heavy atom. The van der Waals surface area contributed by atoms with E-state index in [1.807, 2.05) is 30.3 Å². The number of nitrogens with one attached hydrogen (secondary N) is 1. The average molecular weight is 287 g/mol. The highest BCUT2D eigenvalue weighted by Crippen LogP contribution is 2.65. The third-order valence-electron chi connectivity index (χ3n) is 6.24. The van der Waals surface area contributed by atoms with Crippen LogP contribution in [0.4, 0.5) is 0 Å². The number of hydrogen-bond acceptors (Lipinski definition) is 2. The Morgan fingerprint density at radius 1 is 1.29 bits per heavy atom. The maximum atomic E-state index is 12.2. The topological polar surface area (TPSA) is 38.3 Å². The van der Waals surface area contributed by atoms with Crippen LogP contribution in [0.3, 0.4) is 0 Å². The zero-order valence-electron chi connectivity index (χ0n) is 13.2. The van der Waals surface area contributed by atoms with Crippen LogP contribution in [0.25, 0.3) is 0 Å². The van der Waals surface area contributed by atoms with E-state index in [9.17, 15) is 4.79 Å². The van der Waals surface area contributed by atoms with Gasteiger partial charge in [0.05, 0.1) is 0 Å². The summed E-state index contributed by atoms with van der Waals surface area (Å²) in [6.07, 6.45) is 3.63. The molecule has 0 spiro atoms. The number of ether oxygens (including phenoxy) is 1. The van der Waals surface area contributed by atoms with Crippen molar-refractivity contribution in [3.8, 4) is 5.75 Å². The van der Waals surface area contributed by atoms with Crippen LogP contribution in [0.5, 0.6) is 5.75 Å². The summed E-state index contributed by atoms with van der Waals surface area (Å²) in [5.74, 6) is 1.48. The molecular weight excluding hydrogens is 262 g/mol. The van der Waals surface area contributed by atoms with E-state index in [4.69, 9.17) is 4.74 Å². The Bertz CT molecular complexity index is 525. The second-order valence-corrected chi connectivity index (χ2v) is 7.33. The molecule has 1 aromatic rings. The molecule has 2 aliphatic rings. The van der Waals surface area contributed by atoms with Gasteiger partial charge in [0.25, 0.3) is 5.91 Å². The van der Waals surface area contributed by atoms with E-state index in [-0.39, 0.29) is 24.0 Å². The highest BCUT2D eigenvalue weighted by molar-refractivity contribution is 5.78. The number of carbonyl (C=O) groups is 1. The molecule has 1 aromatic carbocycles. The minimum absolute atomic E-state index is 0.00609. The molecule has 1 N–H and O–H groups in total. The summed E-state index contributed by atoms with van der Waals surface area (Å²) >= 11 is 0. The van der Waals surface area contributed by atoms with Crippen LogP contribution in [0.1, 0.15) is 40.0 Å². The number of hydrogen-bond donors (Lipinski definition) is 1. The van der Waals surface area contributed by atoms with E-state index in [0.29, 0.717) is 5.41 Å². The fourth-order valence-electron chi connectivity index (χ4n) is 4.32. The highest BCUT2D eigenvalue weighted by Gasteiger charge is 2.61. The lowest BCUT2D eigenvalue weighted by molar-refractivity contribution is -0.124. The van der Waals surface area contributed by atoms with Crippen molar-refractivity contribution in [2.75, 3.05) is 6.61 Å². The lowest BCUT2D eigenvalue weighted by Gasteiger charge is -2.39. The van der Waals surface area contributed by atoms with Gasteiger partial charge in [-0.1, -0.05) is 39.0 Å². The number of carbonyl (C=O) groups excluding carboxylic acids is 1. The first-order chi connectivity index (χ1) is 9.93. The lowest BCUT2D eigenvalue weighted by Crippen LogP contribution is -2.48. The Morgan fingerprint density at radius 3 is 2.57 bits per heavy atom. The molecule has 3 nitrogen and oxygen atoms in total. The molecule has 3 rings (SSSR count). The predicted molar refractivity (Wildman–Crippen MR) is 83.1 cm³/mol. The number of fused-ring (bicyclic) bond motifs is 2. The summed E-state index contributed by atoms with van der Waals surface area (Å²) in [6.45, 7) is 7.15. The van der Waals surface area contributed by atoms with E-state index >= 15 is 0 Å². The van der Waals surface area contributed by atoms with Gasteiger partial charge in [0, 0.05) is 6.04 Å². The van der Waals surface area contributed by atoms with Crippen LogP contribution < -0.4 is 10.1 Å². The van der Waals surface area contributed by atoms with Gasteiger partial charge in [-0.2, -0.15) is 0 Å². The fourth-order valence-corrected chi connectivity index (χ4v) is 4.32. The molecule has 0 saturated heterocycles. The predicted octanol–water partition coefficient (Wildman–Crippen LogP) is 3.40. The summed E-state index contributed by atoms with van der Waals surface area (Å²) in [5, 5.41) is 3.21. The van der Waals surface area contributed by atoms with Gasteiger partial charge in [-0.25, -0.2) is 0 Å². The molecule has 0 aromatic heterocycles. The number of amides is 1. The average Bonchev–Trinajstić information content (AvgIpc) is 2.79. The van der Waals surface area contributed by atoms with Crippen molar-refractivity contribution < 1.29 is 9.53 Å². The van der Waals surface area contributed by atoms with Crippen LogP contribution in [-0.2, 0) is 4.79 Å². The van der Waals surface area contributed by atoms with Gasteiger partial charge in [-0.15, -0.1) is 0 Å². The fraction of sp³-hybridized carbons (Fsp3) is 0.611. The van der Waals surface area contributed by atoms with Gasteiger partial charge >= 0.3 is 0 Å². The van der Waals surface area contributed by atoms with E-state index in [1.165, 1.54) is 12.8 Å². The molecule has 2 fully saturated rings. The first-order valence-electron chi connectivity index (χ1n) is 7.91. The Hall–Kier alpha value is -1.51. The van der Waals surface area contributed by atoms with Crippen LogP contribution in [0.2, 0.25) is 0 Å². The van der Waals surface area contributed by atoms with Crippen molar-refractivity contribution in [2.24, 2.45) is 16.7 Å². The first-order valence-corrected chi connectivity index (χ1v) is 7.91. The smallest absolute Gasteiger partial charge is 0.258 e. The number of benzene rings is 1. The molecule has 21 heavy (non-hydrogen) atoms. The minimum Gasteiger partial charge on any atom is -0.484 e. The van der Waals surface area contributed by atoms with Gasteiger partial charge in [0.2, 0.25) is 0 Å². The van der Waals surface area contributed by atoms with E-state index in [2.05, 4.69) is 26.1 Å². The van der Waals surface area contributed by atoms with Gasteiger partial charge in [-0.3, -0.25) is 4.79 Å². The van der Waals surface area contributed by atoms with Gasteiger partial charge < -0.3 is 10.1 Å². The second kappa shape index (κ2) is 5.04. The summed E-state index contributed by atoms with van der Waals surface area (Å²) in [6, 6.07) is 9.79. The maximum Gasteiger partial charge on any atom is 0.258 e. The third-order valence-corrected chi connectivity index (χ3v) is 6.24. The lowest BCUT2D eigenvalue weighted by atomic mass is 9.69. The Kier molecular flexibility index (Phi) is 3.46. The Balaban J connectivity index is 1.57. The van der Waals surface area contributed by atoms with Crippen molar-refractivity contribution in [3.63, 3.8) is 0 Å². The summed E-state index contributed by atoms with van der Waals surface area (Å²) < 4.78 is 5.53. The Labute approximate surface area is 127 Å². The number of para-hydroxylation sites is 1. The molecular formula is C18H25NO2. The number of rotatable bonds is 4. The van der Waals surface area contributed by atoms with E-state index in [1.54, 1.807) is 0 Å². The standard InChI is InChI=1S/C18H25NO2/c1-17(2)13-9-10-18(17,3)15(11-13)19-16(20)12-21-14-7-5-4-6-8-14/h4-8,13,15H,9-12H2,1-3H3,(H,19,20)/t13-,15-,18+/m1/s1. The summed E-state index contributed by atoms with van der Waals surface area (Å²) in [7, 11) is 0. The van der Waals surface area contributed by atoms with E-state index < -0.39 is 0 Å². The normalized spacial score (nSPS) is 32.9. The van der Waals surface area contributed by atoms with Crippen LogP contribution in [0.15, 0.2) is 30.3 Å². The highest BCUT2D eigenvalue weighted by atomic mass is 16.5. The largest absolute Gasteiger partial charge is 0.484 e. The molecule has 114 valence electrons. The maximum absolute atomic E-state index is 12.2. The molecule has 0 aliphatic heterocycles. The van der Waals surface area contributed by atoms with Gasteiger partial charge in [0.15, 0.2) is 6.61 Å². The van der Waals surface area contributed by atoms with Crippen LogP contribution in [-0.4, -0.2) is 18.6 Å². The molecule has 0 radical (unpaired) electrons. The SMILES string of the molecule is CC1(C)[C@@H]2CC[C@@]1(C)[C@H](NC(=O)COc1ccccc1)C2. The minimum atomic E-state index is -0.00609. The quantitative estimate of drug-likeness (QED) is 0.921. The molecule has 2 aliphatic carbocycles. The van der Waals surface area contributed by atoms with Crippen molar-refractivity contribution in [3.05, 3.63) is 30.3 Å². The van der Waals surface area contributed by atoms with Crippen molar-refractivity contribution in [2.45, 2.75) is 46.1 Å². The molecule has 3 heteroatoms. The molecule has 0 unspecified atom stereocenters. The molecule has 0 heterocycles. The summed E-state index contributed by atoms with van der Waals surface area (Å²) in [5.41, 5.74) is 0.547. The van der Waals surface area contributed by atoms with Gasteiger partial charge in [0.1, 0.15) is 5.75 Å². The van der Waals surface area contributed by atoms with E-state index in [0.717, 1.165) is 18.1 Å². The van der Waals surface area contributed by atoms with Crippen molar-refractivity contribution in [1.82, 2.24) is 5.32 Å². The van der Waals surface area contributed by atoms with Crippen molar-refractivity contribution >= 4 is 5.91 Å². The van der Waals surface area contributed by atoms with Crippen LogP contribution >= 0.6 is 0 Å². The van der Waals surface area contributed by atoms with Crippen LogP contribution in [0, 0.1) is 16.7 Å². The third kappa shape index (κ3) is 2.33.